The molecule has 0 saturated carbocycles. The first-order chi connectivity index (χ1) is 9.47. The summed E-state index contributed by atoms with van der Waals surface area (Å²) in [4.78, 5) is 11.9. The quantitative estimate of drug-likeness (QED) is 0.793. The van der Waals surface area contributed by atoms with Gasteiger partial charge in [0.05, 0.1) is 5.56 Å². The lowest BCUT2D eigenvalue weighted by Gasteiger charge is -2.09. The van der Waals surface area contributed by atoms with Crippen molar-refractivity contribution >= 4 is 5.78 Å². The van der Waals surface area contributed by atoms with Crippen molar-refractivity contribution in [2.45, 2.75) is 13.8 Å². The second-order valence-electron chi connectivity index (χ2n) is 4.60. The van der Waals surface area contributed by atoms with Crippen LogP contribution in [0.4, 0.5) is 8.78 Å². The lowest BCUT2D eigenvalue weighted by molar-refractivity contribution is 0.0917. The molecule has 0 aliphatic heterocycles. The summed E-state index contributed by atoms with van der Waals surface area (Å²) < 4.78 is 31.6. The average molecular weight is 276 g/mol. The van der Waals surface area contributed by atoms with Crippen LogP contribution < -0.4 is 4.74 Å². The Morgan fingerprint density at radius 1 is 1.10 bits per heavy atom. The monoisotopic (exact) mass is 276 g/mol. The van der Waals surface area contributed by atoms with Crippen LogP contribution in [0, 0.1) is 25.5 Å². The second-order valence-corrected chi connectivity index (χ2v) is 4.60. The molecular weight excluding hydrogens is 262 g/mol. The zero-order valence-electron chi connectivity index (χ0n) is 11.2. The summed E-state index contributed by atoms with van der Waals surface area (Å²) in [5.74, 6) is -1.53. The van der Waals surface area contributed by atoms with E-state index in [1.807, 2.05) is 32.0 Å². The van der Waals surface area contributed by atoms with Crippen LogP contribution >= 0.6 is 0 Å². The Kier molecular flexibility index (Phi) is 4.13. The van der Waals surface area contributed by atoms with Crippen molar-refractivity contribution < 1.29 is 18.3 Å². The molecule has 2 nitrogen and oxygen atoms in total. The third-order valence-corrected chi connectivity index (χ3v) is 2.93. The Hall–Kier alpha value is -2.23. The van der Waals surface area contributed by atoms with Crippen molar-refractivity contribution in [3.8, 4) is 5.75 Å². The van der Waals surface area contributed by atoms with Crippen molar-refractivity contribution in [3.63, 3.8) is 0 Å². The Morgan fingerprint density at radius 2 is 1.85 bits per heavy atom. The highest BCUT2D eigenvalue weighted by Gasteiger charge is 2.13. The molecule has 0 fully saturated rings. The molecule has 0 aliphatic rings. The van der Waals surface area contributed by atoms with Gasteiger partial charge in [-0.1, -0.05) is 12.1 Å². The fourth-order valence-corrected chi connectivity index (χ4v) is 1.80. The maximum absolute atomic E-state index is 13.5. The molecule has 2 rings (SSSR count). The van der Waals surface area contributed by atoms with Gasteiger partial charge >= 0.3 is 0 Å². The molecular formula is C16H14F2O2. The predicted octanol–water partition coefficient (Wildman–Crippen LogP) is 3.84. The number of ether oxygens (including phenoxy) is 1. The standard InChI is InChI=1S/C16H14F2O2/c1-10-3-4-11(2)16(7-10)20-9-15(19)13-6-5-12(17)8-14(13)18/h3-8H,9H2,1-2H3. The number of carbonyl (C=O) groups excluding carboxylic acids is 1. The normalized spacial score (nSPS) is 10.4. The number of aryl methyl sites for hydroxylation is 2. The molecule has 2 aromatic rings. The van der Waals surface area contributed by atoms with E-state index in [1.54, 1.807) is 0 Å². The molecule has 20 heavy (non-hydrogen) atoms. The topological polar surface area (TPSA) is 26.3 Å². The molecule has 2 aromatic carbocycles. The van der Waals surface area contributed by atoms with Crippen LogP contribution in [0.1, 0.15) is 21.5 Å². The highest BCUT2D eigenvalue weighted by atomic mass is 19.1. The number of benzene rings is 2. The first kappa shape index (κ1) is 14.2. The highest BCUT2D eigenvalue weighted by molar-refractivity contribution is 5.97. The largest absolute Gasteiger partial charge is 0.485 e. The molecule has 0 amide bonds. The van der Waals surface area contributed by atoms with Gasteiger partial charge in [-0.2, -0.15) is 0 Å². The minimum Gasteiger partial charge on any atom is -0.485 e. The maximum Gasteiger partial charge on any atom is 0.203 e. The first-order valence-corrected chi connectivity index (χ1v) is 6.15. The number of hydrogen-bond donors (Lipinski definition) is 0. The maximum atomic E-state index is 13.5. The summed E-state index contributed by atoms with van der Waals surface area (Å²) in [6.07, 6.45) is 0. The second kappa shape index (κ2) is 5.82. The van der Waals surface area contributed by atoms with Gasteiger partial charge in [-0.25, -0.2) is 8.78 Å². The summed E-state index contributed by atoms with van der Waals surface area (Å²) in [6, 6.07) is 8.49. The van der Waals surface area contributed by atoms with Gasteiger partial charge in [0.25, 0.3) is 0 Å². The SMILES string of the molecule is Cc1ccc(C)c(OCC(=O)c2ccc(F)cc2F)c1. The van der Waals surface area contributed by atoms with E-state index in [-0.39, 0.29) is 12.2 Å². The molecule has 0 atom stereocenters. The van der Waals surface area contributed by atoms with Crippen molar-refractivity contribution in [2.75, 3.05) is 6.61 Å². The molecule has 0 heterocycles. The van der Waals surface area contributed by atoms with Gasteiger partial charge < -0.3 is 4.74 Å². The molecule has 0 bridgehead atoms. The van der Waals surface area contributed by atoms with E-state index >= 15 is 0 Å². The van der Waals surface area contributed by atoms with Crippen molar-refractivity contribution in [1.82, 2.24) is 0 Å². The van der Waals surface area contributed by atoms with E-state index in [4.69, 9.17) is 4.74 Å². The fraction of sp³-hybridized carbons (Fsp3) is 0.188. The van der Waals surface area contributed by atoms with E-state index in [9.17, 15) is 13.6 Å². The lowest BCUT2D eigenvalue weighted by atomic mass is 10.1. The molecule has 0 saturated heterocycles. The van der Waals surface area contributed by atoms with Gasteiger partial charge in [-0.3, -0.25) is 4.79 Å². The molecule has 0 unspecified atom stereocenters. The predicted molar refractivity (Wildman–Crippen MR) is 72.1 cm³/mol. The number of carbonyl (C=O) groups is 1. The van der Waals surface area contributed by atoms with Gasteiger partial charge in [0, 0.05) is 6.07 Å². The van der Waals surface area contributed by atoms with Crippen LogP contribution in [0.5, 0.6) is 5.75 Å². The van der Waals surface area contributed by atoms with Crippen LogP contribution in [0.3, 0.4) is 0 Å². The summed E-state index contributed by atoms with van der Waals surface area (Å²) in [5.41, 5.74) is 1.73. The summed E-state index contributed by atoms with van der Waals surface area (Å²) in [6.45, 7) is 3.48. The van der Waals surface area contributed by atoms with Crippen molar-refractivity contribution in [3.05, 3.63) is 64.7 Å². The lowest BCUT2D eigenvalue weighted by Crippen LogP contribution is -2.14. The Balaban J connectivity index is 2.10. The molecule has 0 spiro atoms. The van der Waals surface area contributed by atoms with Crippen LogP contribution in [-0.2, 0) is 0 Å². The van der Waals surface area contributed by atoms with Crippen molar-refractivity contribution in [1.29, 1.82) is 0 Å². The zero-order valence-corrected chi connectivity index (χ0v) is 11.2. The fourth-order valence-electron chi connectivity index (χ4n) is 1.80. The van der Waals surface area contributed by atoms with E-state index in [2.05, 4.69) is 0 Å². The molecule has 0 aliphatic carbocycles. The van der Waals surface area contributed by atoms with E-state index < -0.39 is 17.4 Å². The smallest absolute Gasteiger partial charge is 0.203 e. The van der Waals surface area contributed by atoms with E-state index in [1.165, 1.54) is 0 Å². The number of rotatable bonds is 4. The molecule has 0 aromatic heterocycles. The zero-order chi connectivity index (χ0) is 14.7. The van der Waals surface area contributed by atoms with Gasteiger partial charge in [-0.15, -0.1) is 0 Å². The Bertz CT molecular complexity index is 651. The minimum absolute atomic E-state index is 0.170. The van der Waals surface area contributed by atoms with E-state index in [0.29, 0.717) is 11.8 Å². The van der Waals surface area contributed by atoms with Gasteiger partial charge in [0.2, 0.25) is 5.78 Å². The molecule has 0 N–H and O–H groups in total. The van der Waals surface area contributed by atoms with Crippen molar-refractivity contribution in [2.24, 2.45) is 0 Å². The van der Waals surface area contributed by atoms with Crippen LogP contribution in [0.15, 0.2) is 36.4 Å². The van der Waals surface area contributed by atoms with Crippen LogP contribution in [-0.4, -0.2) is 12.4 Å². The molecule has 4 heteroatoms. The molecule has 0 radical (unpaired) electrons. The van der Waals surface area contributed by atoms with Gasteiger partial charge in [0.15, 0.2) is 6.61 Å². The van der Waals surface area contributed by atoms with E-state index in [0.717, 1.165) is 23.3 Å². The van der Waals surface area contributed by atoms with Gasteiger partial charge in [-0.05, 0) is 43.2 Å². The minimum atomic E-state index is -0.875. The number of ketones is 1. The number of hydrogen-bond acceptors (Lipinski definition) is 2. The van der Waals surface area contributed by atoms with Gasteiger partial charge in [0.1, 0.15) is 17.4 Å². The number of Topliss-reactive ketones (excluding diaryl/α,β-unsaturated/α-hetero) is 1. The third kappa shape index (κ3) is 3.20. The van der Waals surface area contributed by atoms with Crippen LogP contribution in [0.2, 0.25) is 0 Å². The third-order valence-electron chi connectivity index (χ3n) is 2.93. The summed E-state index contributed by atoms with van der Waals surface area (Å²) in [7, 11) is 0. The Labute approximate surface area is 116 Å². The first-order valence-electron chi connectivity index (χ1n) is 6.15. The molecule has 104 valence electrons. The Morgan fingerprint density at radius 3 is 2.55 bits per heavy atom. The summed E-state index contributed by atoms with van der Waals surface area (Å²) in [5, 5.41) is 0. The number of halogens is 2. The average Bonchev–Trinajstić information content (AvgIpc) is 2.39. The van der Waals surface area contributed by atoms with Crippen LogP contribution in [0.25, 0.3) is 0 Å². The highest BCUT2D eigenvalue weighted by Crippen LogP contribution is 2.19. The summed E-state index contributed by atoms with van der Waals surface area (Å²) >= 11 is 0.